The molecule has 0 bridgehead atoms. The smallest absolute Gasteiger partial charge is 0.337 e. The molecule has 12 nitrogen and oxygen atoms in total. The van der Waals surface area contributed by atoms with Crippen LogP contribution in [-0.2, 0) is 0 Å². The van der Waals surface area contributed by atoms with Crippen LogP contribution in [0.4, 0.5) is 0 Å². The highest BCUT2D eigenvalue weighted by Gasteiger charge is 2.30. The molecule has 0 amide bonds. The van der Waals surface area contributed by atoms with Gasteiger partial charge in [0.05, 0.1) is 22.3 Å². The van der Waals surface area contributed by atoms with E-state index in [2.05, 4.69) is 0 Å². The topological polar surface area (TPSA) is 202 Å². The fourth-order valence-corrected chi connectivity index (χ4v) is 5.88. The van der Waals surface area contributed by atoms with Crippen molar-refractivity contribution in [3.05, 3.63) is 190 Å². The van der Waals surface area contributed by atoms with Crippen molar-refractivity contribution in [2.75, 3.05) is 0 Å². The van der Waals surface area contributed by atoms with Crippen molar-refractivity contribution in [1.82, 2.24) is 0 Å². The lowest BCUT2D eigenvalue weighted by atomic mass is 9.89. The van der Waals surface area contributed by atoms with Gasteiger partial charge in [-0.25, -0.2) is 19.2 Å². The van der Waals surface area contributed by atoms with Crippen LogP contribution in [0, 0.1) is 0 Å². The minimum atomic E-state index is -1.74. The Balaban J connectivity index is 1.35. The number of hydrogen-bond donors (Lipinski definition) is 4. The number of carboxylic acid groups (broad SMARTS) is 4. The molecular formula is C46H30O12. The van der Waals surface area contributed by atoms with E-state index in [1.54, 1.807) is 97.1 Å². The van der Waals surface area contributed by atoms with Crippen molar-refractivity contribution in [2.45, 2.75) is 0 Å². The van der Waals surface area contributed by atoms with Crippen LogP contribution in [0.15, 0.2) is 146 Å². The number of rotatable bonds is 15. The summed E-state index contributed by atoms with van der Waals surface area (Å²) >= 11 is 0. The molecule has 0 spiro atoms. The summed E-state index contributed by atoms with van der Waals surface area (Å²) in [7, 11) is 0. The fourth-order valence-electron chi connectivity index (χ4n) is 5.88. The minimum absolute atomic E-state index is 0.168. The van der Waals surface area contributed by atoms with Gasteiger partial charge in [-0.1, -0.05) is 97.1 Å². The van der Waals surface area contributed by atoms with Gasteiger partial charge in [0, 0.05) is 22.3 Å². The summed E-state index contributed by atoms with van der Waals surface area (Å²) in [5, 5.41) is 40.7. The van der Waals surface area contributed by atoms with Gasteiger partial charge in [0.15, 0.2) is 11.6 Å². The predicted molar refractivity (Wildman–Crippen MR) is 212 cm³/mol. The van der Waals surface area contributed by atoms with Crippen LogP contribution in [0.3, 0.4) is 0 Å². The van der Waals surface area contributed by atoms with Crippen LogP contribution in [-0.4, -0.2) is 55.9 Å². The normalized spacial score (nSPS) is 11.0. The van der Waals surface area contributed by atoms with Crippen molar-refractivity contribution in [3.8, 4) is 34.1 Å². The highest BCUT2D eigenvalue weighted by Crippen LogP contribution is 2.39. The third-order valence-corrected chi connectivity index (χ3v) is 8.60. The first-order valence-electron chi connectivity index (χ1n) is 17.3. The fraction of sp³-hybridized carbons (Fsp3) is 0. The predicted octanol–water partition coefficient (Wildman–Crippen LogP) is 9.52. The number of carboxylic acids is 4. The Kier molecular flexibility index (Phi) is 11.8. The molecule has 0 aliphatic heterocycles. The van der Waals surface area contributed by atoms with Crippen molar-refractivity contribution in [3.63, 3.8) is 0 Å². The van der Waals surface area contributed by atoms with E-state index < -0.39 is 57.3 Å². The number of carbonyl (C=O) groups is 6. The highest BCUT2D eigenvalue weighted by molar-refractivity contribution is 6.12. The van der Waals surface area contributed by atoms with E-state index in [0.717, 1.165) is 24.3 Å². The van der Waals surface area contributed by atoms with Crippen LogP contribution < -0.4 is 9.47 Å². The highest BCUT2D eigenvalue weighted by atomic mass is 16.5. The van der Waals surface area contributed by atoms with E-state index in [4.69, 9.17) is 9.47 Å². The molecule has 0 heterocycles. The average molecular weight is 775 g/mol. The van der Waals surface area contributed by atoms with Gasteiger partial charge in [-0.05, 0) is 71.8 Å². The largest absolute Gasteiger partial charge is 0.478 e. The summed E-state index contributed by atoms with van der Waals surface area (Å²) in [5.74, 6) is -7.37. The lowest BCUT2D eigenvalue weighted by Gasteiger charge is -2.18. The van der Waals surface area contributed by atoms with Gasteiger partial charge in [-0.3, -0.25) is 9.59 Å². The first kappa shape index (κ1) is 39.3. The van der Waals surface area contributed by atoms with Crippen molar-refractivity contribution >= 4 is 47.6 Å². The van der Waals surface area contributed by atoms with E-state index in [1.165, 1.54) is 36.4 Å². The third-order valence-electron chi connectivity index (χ3n) is 8.60. The zero-order valence-corrected chi connectivity index (χ0v) is 30.1. The second kappa shape index (κ2) is 17.4. The van der Waals surface area contributed by atoms with Crippen molar-refractivity contribution in [1.29, 1.82) is 0 Å². The molecule has 0 radical (unpaired) electrons. The number of ketones is 2. The van der Waals surface area contributed by atoms with E-state index in [1.807, 2.05) is 0 Å². The molecule has 0 unspecified atom stereocenters. The molecule has 0 saturated heterocycles. The quantitative estimate of drug-likeness (QED) is 0.0569. The number of ether oxygens (including phenoxy) is 2. The summed E-state index contributed by atoms with van der Waals surface area (Å²) in [6.45, 7) is 0. The number of hydrogen-bond acceptors (Lipinski definition) is 8. The van der Waals surface area contributed by atoms with Crippen LogP contribution in [0.2, 0.25) is 0 Å². The molecule has 286 valence electrons. The van der Waals surface area contributed by atoms with Gasteiger partial charge in [0.1, 0.15) is 23.0 Å². The number of carbonyl (C=O) groups excluding carboxylic acids is 2. The summed E-state index contributed by atoms with van der Waals surface area (Å²) < 4.78 is 11.8. The standard InChI is InChI=1S/C46H30O12/c47-39(29-7-3-1-4-8-29)21-15-27-11-17-31(18-12-27)57-33-23-35(41(45(53)54)37(25-33)43(49)50)36-24-34(26-38(44(51)52)42(36)46(55)56)58-32-19-13-28(14-20-32)16-22-40(48)30-9-5-2-6-10-30/h1-26H,(H,49,50)(H,51,52)(H,53,54)(H,55,56). The Bertz CT molecular complexity index is 2440. The molecule has 0 aromatic heterocycles. The van der Waals surface area contributed by atoms with Gasteiger partial charge in [0.25, 0.3) is 0 Å². The molecule has 0 aliphatic rings. The van der Waals surface area contributed by atoms with Gasteiger partial charge < -0.3 is 29.9 Å². The number of benzene rings is 6. The van der Waals surface area contributed by atoms with Crippen LogP contribution in [0.1, 0.15) is 73.3 Å². The van der Waals surface area contributed by atoms with Crippen LogP contribution in [0.5, 0.6) is 23.0 Å². The van der Waals surface area contributed by atoms with Crippen molar-refractivity contribution < 1.29 is 58.7 Å². The van der Waals surface area contributed by atoms with Gasteiger partial charge in [-0.15, -0.1) is 0 Å². The van der Waals surface area contributed by atoms with E-state index in [-0.39, 0.29) is 34.6 Å². The maximum absolute atomic E-state index is 12.7. The Hall–Kier alpha value is -8.38. The Morgan fingerprint density at radius 3 is 1.05 bits per heavy atom. The Morgan fingerprint density at radius 2 is 0.741 bits per heavy atom. The van der Waals surface area contributed by atoms with Crippen molar-refractivity contribution in [2.24, 2.45) is 0 Å². The zero-order chi connectivity index (χ0) is 41.3. The third kappa shape index (κ3) is 9.28. The van der Waals surface area contributed by atoms with Crippen LogP contribution >= 0.6 is 0 Å². The number of aromatic carboxylic acids is 4. The molecule has 12 heteroatoms. The molecule has 6 rings (SSSR count). The molecule has 0 fully saturated rings. The zero-order valence-electron chi connectivity index (χ0n) is 30.1. The van der Waals surface area contributed by atoms with E-state index in [9.17, 15) is 49.2 Å². The summed E-state index contributed by atoms with van der Waals surface area (Å²) in [4.78, 5) is 75.2. The average Bonchev–Trinajstić information content (AvgIpc) is 3.22. The first-order chi connectivity index (χ1) is 27.9. The summed E-state index contributed by atoms with van der Waals surface area (Å²) in [6.07, 6.45) is 5.97. The molecule has 4 N–H and O–H groups in total. The summed E-state index contributed by atoms with van der Waals surface area (Å²) in [6, 6.07) is 33.9. The van der Waals surface area contributed by atoms with E-state index >= 15 is 0 Å². The molecule has 58 heavy (non-hydrogen) atoms. The lowest BCUT2D eigenvalue weighted by molar-refractivity contribution is 0.0650. The second-order valence-corrected chi connectivity index (χ2v) is 12.5. The summed E-state index contributed by atoms with van der Waals surface area (Å²) in [5.41, 5.74) is -1.91. The Labute approximate surface area is 329 Å². The minimum Gasteiger partial charge on any atom is -0.478 e. The molecule has 6 aromatic rings. The van der Waals surface area contributed by atoms with E-state index in [0.29, 0.717) is 22.3 Å². The SMILES string of the molecule is O=C(C=Cc1ccc(Oc2cc(C(=O)O)c(C(=O)O)c(-c3cc(Oc4ccc(C=CC(=O)c5ccccc5)cc4)cc(C(=O)O)c3C(=O)O)c2)cc1)c1ccccc1. The molecule has 0 saturated carbocycles. The second-order valence-electron chi connectivity index (χ2n) is 12.5. The maximum Gasteiger partial charge on any atom is 0.337 e. The molecule has 0 atom stereocenters. The molecule has 0 aliphatic carbocycles. The lowest BCUT2D eigenvalue weighted by Crippen LogP contribution is -2.14. The molecule has 6 aromatic carbocycles. The maximum atomic E-state index is 12.7. The van der Waals surface area contributed by atoms with Crippen LogP contribution in [0.25, 0.3) is 23.3 Å². The monoisotopic (exact) mass is 774 g/mol. The molecular weight excluding hydrogens is 744 g/mol. The Morgan fingerprint density at radius 1 is 0.397 bits per heavy atom. The van der Waals surface area contributed by atoms with Gasteiger partial charge >= 0.3 is 23.9 Å². The van der Waals surface area contributed by atoms with Gasteiger partial charge in [0.2, 0.25) is 0 Å². The first-order valence-corrected chi connectivity index (χ1v) is 17.3. The number of allylic oxidation sites excluding steroid dienone is 2. The van der Waals surface area contributed by atoms with Gasteiger partial charge in [-0.2, -0.15) is 0 Å².